The molecule has 0 spiro atoms. The first kappa shape index (κ1) is 18.3. The Labute approximate surface area is 141 Å². The van der Waals surface area contributed by atoms with Gasteiger partial charge in [0.15, 0.2) is 0 Å². The Morgan fingerprint density at radius 1 is 1.04 bits per heavy atom. The van der Waals surface area contributed by atoms with Gasteiger partial charge in [0.25, 0.3) is 15.9 Å². The monoisotopic (exact) mass is 370 g/mol. The van der Waals surface area contributed by atoms with Crippen LogP contribution in [0.5, 0.6) is 0 Å². The van der Waals surface area contributed by atoms with Crippen molar-refractivity contribution in [3.05, 3.63) is 59.7 Å². The third-order valence-corrected chi connectivity index (χ3v) is 4.38. The number of halogens is 2. The molecule has 0 radical (unpaired) electrons. The largest absolute Gasteiger partial charge is 0.480 e. The van der Waals surface area contributed by atoms with Crippen LogP contribution in [0.1, 0.15) is 10.4 Å². The van der Waals surface area contributed by atoms with Gasteiger partial charge in [-0.25, -0.2) is 17.2 Å². The summed E-state index contributed by atoms with van der Waals surface area (Å²) in [5.41, 5.74) is 0.111. The third-order valence-electron chi connectivity index (χ3n) is 2.98. The third kappa shape index (κ3) is 4.73. The highest BCUT2D eigenvalue weighted by Crippen LogP contribution is 2.20. The quantitative estimate of drug-likeness (QED) is 0.715. The van der Waals surface area contributed by atoms with E-state index in [9.17, 15) is 26.8 Å². The van der Waals surface area contributed by atoms with Crippen molar-refractivity contribution < 1.29 is 31.9 Å². The summed E-state index contributed by atoms with van der Waals surface area (Å²) >= 11 is 0. The molecule has 0 aromatic heterocycles. The number of hydrogen-bond donors (Lipinski definition) is 3. The van der Waals surface area contributed by atoms with E-state index in [1.165, 1.54) is 24.3 Å². The molecule has 2 aromatic carbocycles. The minimum Gasteiger partial charge on any atom is -0.480 e. The number of sulfonamides is 1. The van der Waals surface area contributed by atoms with E-state index < -0.39 is 45.0 Å². The molecule has 0 fully saturated rings. The summed E-state index contributed by atoms with van der Waals surface area (Å²) < 4.78 is 53.0. The lowest BCUT2D eigenvalue weighted by Gasteiger charge is -2.10. The fourth-order valence-electron chi connectivity index (χ4n) is 1.84. The molecule has 2 aromatic rings. The van der Waals surface area contributed by atoms with Gasteiger partial charge in [-0.1, -0.05) is 0 Å². The predicted molar refractivity (Wildman–Crippen MR) is 83.6 cm³/mol. The van der Waals surface area contributed by atoms with Crippen LogP contribution in [0.3, 0.4) is 0 Å². The van der Waals surface area contributed by atoms with Crippen molar-refractivity contribution in [2.75, 3.05) is 11.3 Å². The number of nitrogens with one attached hydrogen (secondary N) is 2. The molecule has 0 aliphatic carbocycles. The Morgan fingerprint density at radius 3 is 2.28 bits per heavy atom. The maximum atomic E-state index is 13.6. The highest BCUT2D eigenvalue weighted by Gasteiger charge is 2.20. The van der Waals surface area contributed by atoms with E-state index in [0.29, 0.717) is 12.1 Å². The average molecular weight is 370 g/mol. The Bertz CT molecular complexity index is 914. The van der Waals surface area contributed by atoms with Crippen LogP contribution in [-0.2, 0) is 14.8 Å². The fourth-order valence-corrected chi connectivity index (χ4v) is 2.99. The van der Waals surface area contributed by atoms with Crippen LogP contribution in [0.25, 0.3) is 0 Å². The molecule has 0 aliphatic heterocycles. The van der Waals surface area contributed by atoms with Gasteiger partial charge in [-0.05, 0) is 42.5 Å². The molecule has 0 aliphatic rings. The van der Waals surface area contributed by atoms with Crippen LogP contribution in [-0.4, -0.2) is 31.9 Å². The molecule has 0 saturated heterocycles. The van der Waals surface area contributed by atoms with Crippen molar-refractivity contribution in [2.24, 2.45) is 0 Å². The minimum atomic E-state index is -4.36. The molecule has 25 heavy (non-hydrogen) atoms. The Kier molecular flexibility index (Phi) is 5.32. The highest BCUT2D eigenvalue weighted by molar-refractivity contribution is 7.92. The number of carboxylic acids is 1. The van der Waals surface area contributed by atoms with Gasteiger partial charge in [-0.2, -0.15) is 0 Å². The van der Waals surface area contributed by atoms with E-state index >= 15 is 0 Å². The zero-order valence-electron chi connectivity index (χ0n) is 12.5. The standard InChI is InChI=1S/C15H12F2N2O5S/c16-10-3-6-12(17)13(7-10)25(23,24)19-11-4-1-9(2-5-11)15(22)18-8-14(20)21/h1-7,19H,8H2,(H,18,22)(H,20,21). The van der Waals surface area contributed by atoms with E-state index in [1.807, 2.05) is 0 Å². The molecule has 0 saturated carbocycles. The van der Waals surface area contributed by atoms with E-state index in [0.717, 1.165) is 6.07 Å². The fraction of sp³-hybridized carbons (Fsp3) is 0.0667. The molecule has 0 atom stereocenters. The number of anilines is 1. The number of carboxylic acid groups (broad SMARTS) is 1. The second-order valence-electron chi connectivity index (χ2n) is 4.83. The molecule has 0 unspecified atom stereocenters. The van der Waals surface area contributed by atoms with Crippen molar-refractivity contribution in [3.63, 3.8) is 0 Å². The van der Waals surface area contributed by atoms with Crippen molar-refractivity contribution in [3.8, 4) is 0 Å². The van der Waals surface area contributed by atoms with Crippen LogP contribution >= 0.6 is 0 Å². The van der Waals surface area contributed by atoms with E-state index in [-0.39, 0.29) is 11.3 Å². The zero-order chi connectivity index (χ0) is 18.6. The first-order chi connectivity index (χ1) is 11.7. The van der Waals surface area contributed by atoms with Crippen molar-refractivity contribution in [1.82, 2.24) is 5.32 Å². The van der Waals surface area contributed by atoms with Gasteiger partial charge in [0.2, 0.25) is 0 Å². The molecule has 1 amide bonds. The molecular weight excluding hydrogens is 358 g/mol. The number of carbonyl (C=O) groups excluding carboxylic acids is 1. The van der Waals surface area contributed by atoms with Gasteiger partial charge in [-0.15, -0.1) is 0 Å². The minimum absolute atomic E-state index is 0.0124. The lowest BCUT2D eigenvalue weighted by molar-refractivity contribution is -0.135. The van der Waals surface area contributed by atoms with Crippen LogP contribution in [0, 0.1) is 11.6 Å². The lowest BCUT2D eigenvalue weighted by atomic mass is 10.2. The smallest absolute Gasteiger partial charge is 0.322 e. The maximum absolute atomic E-state index is 13.6. The van der Waals surface area contributed by atoms with E-state index in [2.05, 4.69) is 10.0 Å². The van der Waals surface area contributed by atoms with Gasteiger partial charge in [0.05, 0.1) is 0 Å². The Hall–Kier alpha value is -3.01. The van der Waals surface area contributed by atoms with Crippen LogP contribution in [0.2, 0.25) is 0 Å². The van der Waals surface area contributed by atoms with Gasteiger partial charge in [0.1, 0.15) is 23.1 Å². The lowest BCUT2D eigenvalue weighted by Crippen LogP contribution is -2.29. The summed E-state index contributed by atoms with van der Waals surface area (Å²) in [5.74, 6) is -3.89. The number of carbonyl (C=O) groups is 2. The summed E-state index contributed by atoms with van der Waals surface area (Å²) in [6, 6.07) is 6.98. The topological polar surface area (TPSA) is 113 Å². The number of benzene rings is 2. The predicted octanol–water partition coefficient (Wildman–Crippen LogP) is 1.58. The van der Waals surface area contributed by atoms with Crippen LogP contribution in [0.4, 0.5) is 14.5 Å². The summed E-state index contributed by atoms with van der Waals surface area (Å²) in [4.78, 5) is 21.2. The SMILES string of the molecule is O=C(O)CNC(=O)c1ccc(NS(=O)(=O)c2cc(F)ccc2F)cc1. The molecule has 2 rings (SSSR count). The number of hydrogen-bond acceptors (Lipinski definition) is 4. The molecule has 3 N–H and O–H groups in total. The summed E-state index contributed by atoms with van der Waals surface area (Å²) in [6.07, 6.45) is 0. The Morgan fingerprint density at radius 2 is 1.68 bits per heavy atom. The number of rotatable bonds is 6. The second-order valence-corrected chi connectivity index (χ2v) is 6.48. The summed E-state index contributed by atoms with van der Waals surface area (Å²) in [6.45, 7) is -0.563. The molecule has 7 nitrogen and oxygen atoms in total. The van der Waals surface area contributed by atoms with Gasteiger partial charge in [0, 0.05) is 11.3 Å². The van der Waals surface area contributed by atoms with Crippen molar-refractivity contribution in [2.45, 2.75) is 4.90 Å². The molecule has 132 valence electrons. The second kappa shape index (κ2) is 7.26. The number of aliphatic carboxylic acids is 1. The average Bonchev–Trinajstić information content (AvgIpc) is 2.55. The van der Waals surface area contributed by atoms with Gasteiger partial charge < -0.3 is 10.4 Å². The van der Waals surface area contributed by atoms with E-state index in [4.69, 9.17) is 5.11 Å². The first-order valence-electron chi connectivity index (χ1n) is 6.77. The van der Waals surface area contributed by atoms with Gasteiger partial charge >= 0.3 is 5.97 Å². The molecule has 10 heteroatoms. The van der Waals surface area contributed by atoms with Crippen LogP contribution in [0.15, 0.2) is 47.4 Å². The first-order valence-corrected chi connectivity index (χ1v) is 8.25. The van der Waals surface area contributed by atoms with Gasteiger partial charge in [-0.3, -0.25) is 14.3 Å². The van der Waals surface area contributed by atoms with E-state index in [1.54, 1.807) is 0 Å². The summed E-state index contributed by atoms with van der Waals surface area (Å²) in [5, 5.41) is 10.6. The number of amides is 1. The normalized spacial score (nSPS) is 11.0. The molecule has 0 heterocycles. The molecule has 0 bridgehead atoms. The van der Waals surface area contributed by atoms with Crippen molar-refractivity contribution >= 4 is 27.6 Å². The molecular formula is C15H12F2N2O5S. The zero-order valence-corrected chi connectivity index (χ0v) is 13.3. The Balaban J connectivity index is 2.16. The summed E-state index contributed by atoms with van der Waals surface area (Å²) in [7, 11) is -4.36. The van der Waals surface area contributed by atoms with Crippen molar-refractivity contribution in [1.29, 1.82) is 0 Å². The maximum Gasteiger partial charge on any atom is 0.322 e. The highest BCUT2D eigenvalue weighted by atomic mass is 32.2. The van der Waals surface area contributed by atoms with Crippen LogP contribution < -0.4 is 10.0 Å².